The van der Waals surface area contributed by atoms with E-state index < -0.39 is 35.6 Å². The largest absolute Gasteiger partial charge is 0.478 e. The summed E-state index contributed by atoms with van der Waals surface area (Å²) in [5.41, 5.74) is 2.69. The van der Waals surface area contributed by atoms with Crippen LogP contribution in [0.25, 0.3) is 11.1 Å². The molecule has 12 heteroatoms. The molecule has 2 saturated heterocycles. The quantitative estimate of drug-likeness (QED) is 0.303. The van der Waals surface area contributed by atoms with Gasteiger partial charge >= 0.3 is 5.97 Å². The lowest BCUT2D eigenvalue weighted by Crippen LogP contribution is -2.49. The first-order valence-electron chi connectivity index (χ1n) is 13.6. The Kier molecular flexibility index (Phi) is 8.47. The predicted molar refractivity (Wildman–Crippen MR) is 151 cm³/mol. The first-order valence-corrected chi connectivity index (χ1v) is 14.0. The Bertz CT molecular complexity index is 1370. The number of aromatic nitrogens is 2. The molecule has 0 aliphatic carbocycles. The number of benzene rings is 2. The number of carboxylic acid groups (broad SMARTS) is 1. The third-order valence-electron chi connectivity index (χ3n) is 7.73. The molecule has 0 radical (unpaired) electrons. The molecule has 3 heterocycles. The number of piperazine rings is 1. The molecule has 7 nitrogen and oxygen atoms in total. The number of hydrogen-bond acceptors (Lipinski definition) is 5. The molecule has 1 atom stereocenters. The Morgan fingerprint density at radius 1 is 1.07 bits per heavy atom. The number of rotatable bonds is 8. The zero-order chi connectivity index (χ0) is 29.3. The fourth-order valence-electron chi connectivity index (χ4n) is 5.84. The zero-order valence-electron chi connectivity index (χ0n) is 22.6. The van der Waals surface area contributed by atoms with E-state index in [-0.39, 0.29) is 6.54 Å². The number of piperidine rings is 1. The second-order valence-electron chi connectivity index (χ2n) is 10.8. The highest BCUT2D eigenvalue weighted by molar-refractivity contribution is 6.31. The summed E-state index contributed by atoms with van der Waals surface area (Å²) in [4.78, 5) is 17.5. The molecule has 220 valence electrons. The van der Waals surface area contributed by atoms with Crippen molar-refractivity contribution >= 4 is 28.9 Å². The molecular formula is C29H32ClF4N5O2. The van der Waals surface area contributed by atoms with Crippen LogP contribution in [0.3, 0.4) is 0 Å². The van der Waals surface area contributed by atoms with Crippen LogP contribution in [-0.2, 0) is 0 Å². The molecule has 0 bridgehead atoms. The van der Waals surface area contributed by atoms with Crippen molar-refractivity contribution in [2.45, 2.75) is 38.2 Å². The van der Waals surface area contributed by atoms with Crippen LogP contribution in [0.1, 0.15) is 48.3 Å². The molecule has 2 aliphatic heterocycles. The predicted octanol–water partition coefficient (Wildman–Crippen LogP) is 6.46. The summed E-state index contributed by atoms with van der Waals surface area (Å²) in [6, 6.07) is 13.2. The molecule has 3 aromatic rings. The van der Waals surface area contributed by atoms with Crippen LogP contribution in [0.15, 0.2) is 48.7 Å². The SMILES string of the molecule is CC(F)(F)CN1CCN(c2ccc(-c3ccc(Cl)cc3N3CCCC(n4ncc(C(=O)O)c4C(F)F)C3)cc2)CC1. The van der Waals surface area contributed by atoms with Crippen molar-refractivity contribution in [3.8, 4) is 11.1 Å². The first-order chi connectivity index (χ1) is 19.5. The van der Waals surface area contributed by atoms with Gasteiger partial charge in [-0.25, -0.2) is 22.4 Å². The summed E-state index contributed by atoms with van der Waals surface area (Å²) in [5, 5.41) is 13.9. The van der Waals surface area contributed by atoms with Gasteiger partial charge in [0.1, 0.15) is 11.3 Å². The van der Waals surface area contributed by atoms with Crippen molar-refractivity contribution in [1.82, 2.24) is 14.7 Å². The molecule has 2 aliphatic rings. The second-order valence-corrected chi connectivity index (χ2v) is 11.2. The van der Waals surface area contributed by atoms with E-state index in [1.54, 1.807) is 11.0 Å². The van der Waals surface area contributed by atoms with E-state index in [9.17, 15) is 27.5 Å². The molecule has 2 aromatic carbocycles. The third-order valence-corrected chi connectivity index (χ3v) is 7.97. The van der Waals surface area contributed by atoms with Gasteiger partial charge in [0.15, 0.2) is 0 Å². The lowest BCUT2D eigenvalue weighted by atomic mass is 9.99. The maximum Gasteiger partial charge on any atom is 0.339 e. The lowest BCUT2D eigenvalue weighted by molar-refractivity contribution is -0.0155. The summed E-state index contributed by atoms with van der Waals surface area (Å²) < 4.78 is 55.7. The zero-order valence-corrected chi connectivity index (χ0v) is 23.4. The number of nitrogens with zero attached hydrogens (tertiary/aromatic N) is 5. The Balaban J connectivity index is 1.35. The number of halogens is 5. The van der Waals surface area contributed by atoms with E-state index >= 15 is 0 Å². The van der Waals surface area contributed by atoms with Crippen molar-refractivity contribution < 1.29 is 27.5 Å². The maximum atomic E-state index is 13.9. The van der Waals surface area contributed by atoms with Crippen molar-refractivity contribution in [3.05, 3.63) is 64.9 Å². The standard InChI is InChI=1S/C29H32ClF4N5O2/c1-29(33,34)18-36-11-13-37(14-12-36)21-7-4-19(5-8-21)23-9-6-20(30)15-25(23)38-10-2-3-22(17-38)39-26(27(31)32)24(16-35-39)28(40)41/h4-9,15-16,22,27H,2-3,10-14,17-18H2,1H3,(H,40,41). The minimum absolute atomic E-state index is 0.235. The second kappa shape index (κ2) is 11.9. The summed E-state index contributed by atoms with van der Waals surface area (Å²) in [7, 11) is 0. The molecule has 1 unspecified atom stereocenters. The average Bonchev–Trinajstić information content (AvgIpc) is 3.39. The summed E-state index contributed by atoms with van der Waals surface area (Å²) in [6.45, 7) is 4.22. The Labute approximate surface area is 240 Å². The van der Waals surface area contributed by atoms with Gasteiger partial charge in [-0.3, -0.25) is 9.58 Å². The fourth-order valence-corrected chi connectivity index (χ4v) is 6.00. The van der Waals surface area contributed by atoms with Gasteiger partial charge < -0.3 is 14.9 Å². The number of carboxylic acids is 1. The van der Waals surface area contributed by atoms with Crippen LogP contribution in [0.5, 0.6) is 0 Å². The fraction of sp³-hybridized carbons (Fsp3) is 0.448. The number of alkyl halides is 4. The van der Waals surface area contributed by atoms with Crippen LogP contribution >= 0.6 is 11.6 Å². The van der Waals surface area contributed by atoms with Crippen LogP contribution in [-0.4, -0.2) is 77.5 Å². The average molecular weight is 594 g/mol. The number of anilines is 2. The molecule has 0 amide bonds. The van der Waals surface area contributed by atoms with Gasteiger partial charge in [-0.1, -0.05) is 29.8 Å². The van der Waals surface area contributed by atoms with Gasteiger partial charge in [0.05, 0.1) is 18.8 Å². The molecule has 1 N–H and O–H groups in total. The molecule has 2 fully saturated rings. The molecule has 0 spiro atoms. The first kappa shape index (κ1) is 29.2. The number of hydrogen-bond donors (Lipinski definition) is 1. The van der Waals surface area contributed by atoms with Crippen LogP contribution in [0.2, 0.25) is 5.02 Å². The van der Waals surface area contributed by atoms with Crippen LogP contribution < -0.4 is 9.80 Å². The number of aromatic carboxylic acids is 1. The lowest BCUT2D eigenvalue weighted by Gasteiger charge is -2.37. The normalized spacial score (nSPS) is 18.8. The molecular weight excluding hydrogens is 562 g/mol. The van der Waals surface area contributed by atoms with Gasteiger partial charge in [-0.2, -0.15) is 5.10 Å². The highest BCUT2D eigenvalue weighted by atomic mass is 35.5. The van der Waals surface area contributed by atoms with Crippen molar-refractivity contribution in [2.24, 2.45) is 0 Å². The van der Waals surface area contributed by atoms with E-state index in [2.05, 4.69) is 14.9 Å². The Morgan fingerprint density at radius 3 is 2.41 bits per heavy atom. The van der Waals surface area contributed by atoms with E-state index in [0.29, 0.717) is 57.1 Å². The monoisotopic (exact) mass is 593 g/mol. The highest BCUT2D eigenvalue weighted by Crippen LogP contribution is 2.38. The van der Waals surface area contributed by atoms with Crippen LogP contribution in [0, 0.1) is 0 Å². The Hall–Kier alpha value is -3.31. The van der Waals surface area contributed by atoms with E-state index in [1.165, 1.54) is 4.68 Å². The van der Waals surface area contributed by atoms with E-state index in [4.69, 9.17) is 11.6 Å². The van der Waals surface area contributed by atoms with Crippen molar-refractivity contribution in [1.29, 1.82) is 0 Å². The van der Waals surface area contributed by atoms with Crippen molar-refractivity contribution in [2.75, 3.05) is 55.6 Å². The van der Waals surface area contributed by atoms with Gasteiger partial charge in [0.25, 0.3) is 12.3 Å². The van der Waals surface area contributed by atoms with E-state index in [0.717, 1.165) is 35.6 Å². The Morgan fingerprint density at radius 2 is 1.78 bits per heavy atom. The van der Waals surface area contributed by atoms with E-state index in [1.807, 2.05) is 36.4 Å². The summed E-state index contributed by atoms with van der Waals surface area (Å²) in [6.07, 6.45) is -0.676. The highest BCUT2D eigenvalue weighted by Gasteiger charge is 2.32. The van der Waals surface area contributed by atoms with Crippen LogP contribution in [0.4, 0.5) is 28.9 Å². The molecule has 1 aromatic heterocycles. The molecule has 0 saturated carbocycles. The minimum atomic E-state index is -2.96. The minimum Gasteiger partial charge on any atom is -0.478 e. The topological polar surface area (TPSA) is 64.8 Å². The smallest absolute Gasteiger partial charge is 0.339 e. The van der Waals surface area contributed by atoms with Gasteiger partial charge in [-0.05, 0) is 42.7 Å². The van der Waals surface area contributed by atoms with Gasteiger partial charge in [0.2, 0.25) is 0 Å². The number of carbonyl (C=O) groups is 1. The molecule has 41 heavy (non-hydrogen) atoms. The van der Waals surface area contributed by atoms with Gasteiger partial charge in [-0.15, -0.1) is 0 Å². The van der Waals surface area contributed by atoms with Crippen molar-refractivity contribution in [3.63, 3.8) is 0 Å². The summed E-state index contributed by atoms with van der Waals surface area (Å²) >= 11 is 6.39. The summed E-state index contributed by atoms with van der Waals surface area (Å²) in [5.74, 6) is -4.14. The molecule has 5 rings (SSSR count). The van der Waals surface area contributed by atoms with Gasteiger partial charge in [0, 0.05) is 68.2 Å². The third kappa shape index (κ3) is 6.62. The maximum absolute atomic E-state index is 13.9.